The molecule has 3 rings (SSSR count). The van der Waals surface area contributed by atoms with Crippen LogP contribution in [0.3, 0.4) is 0 Å². The highest BCUT2D eigenvalue weighted by Gasteiger charge is 2.61. The zero-order valence-electron chi connectivity index (χ0n) is 13.6. The fraction of sp³-hybridized carbons (Fsp3) is 0.333. The molecular weight excluding hydrogens is 349 g/mol. The molecule has 1 aromatic carbocycles. The number of aliphatic hydroxyl groups is 2. The van der Waals surface area contributed by atoms with E-state index < -0.39 is 29.5 Å². The van der Waals surface area contributed by atoms with Crippen molar-refractivity contribution in [2.75, 3.05) is 0 Å². The van der Waals surface area contributed by atoms with Crippen molar-refractivity contribution in [1.82, 2.24) is 10.3 Å². The summed E-state index contributed by atoms with van der Waals surface area (Å²) >= 11 is 0. The van der Waals surface area contributed by atoms with Crippen molar-refractivity contribution in [2.24, 2.45) is 0 Å². The molecular formula is C18H17F3N2O3. The molecule has 0 radical (unpaired) electrons. The number of nitrogens with one attached hydrogen (secondary N) is 1. The van der Waals surface area contributed by atoms with Crippen molar-refractivity contribution >= 4 is 5.91 Å². The molecule has 1 saturated carbocycles. The van der Waals surface area contributed by atoms with Crippen LogP contribution in [0, 0.1) is 0 Å². The van der Waals surface area contributed by atoms with Crippen LogP contribution in [0.5, 0.6) is 0 Å². The van der Waals surface area contributed by atoms with E-state index in [1.54, 1.807) is 12.3 Å². The summed E-state index contributed by atoms with van der Waals surface area (Å²) in [4.78, 5) is 16.2. The average Bonchev–Trinajstić information content (AvgIpc) is 3.46. The number of hydrogen-bond acceptors (Lipinski definition) is 4. The van der Waals surface area contributed by atoms with Crippen molar-refractivity contribution in [1.29, 1.82) is 0 Å². The molecule has 5 nitrogen and oxygen atoms in total. The molecule has 1 unspecified atom stereocenters. The summed E-state index contributed by atoms with van der Waals surface area (Å²) in [6.45, 7) is 0. The number of pyridine rings is 1. The Hall–Kier alpha value is -2.45. The van der Waals surface area contributed by atoms with Crippen LogP contribution in [0.2, 0.25) is 0 Å². The number of carbonyl (C=O) groups excluding carboxylic acids is 1. The largest absolute Gasteiger partial charge is 0.430 e. The fourth-order valence-electron chi connectivity index (χ4n) is 2.68. The molecule has 3 N–H and O–H groups in total. The van der Waals surface area contributed by atoms with Gasteiger partial charge in [0, 0.05) is 23.5 Å². The van der Waals surface area contributed by atoms with Gasteiger partial charge in [-0.25, -0.2) is 0 Å². The normalized spacial score (nSPS) is 18.0. The molecule has 0 aliphatic heterocycles. The third kappa shape index (κ3) is 3.42. The van der Waals surface area contributed by atoms with Crippen LogP contribution in [0.1, 0.15) is 41.7 Å². The Morgan fingerprint density at radius 2 is 1.85 bits per heavy atom. The van der Waals surface area contributed by atoms with Crippen LogP contribution in [-0.2, 0) is 10.4 Å². The van der Waals surface area contributed by atoms with Crippen molar-refractivity contribution in [3.8, 4) is 0 Å². The maximum Gasteiger partial charge on any atom is 0.430 e. The fourth-order valence-corrected chi connectivity index (χ4v) is 2.68. The van der Waals surface area contributed by atoms with Gasteiger partial charge in [-0.15, -0.1) is 0 Å². The number of nitrogens with zero attached hydrogens (tertiary/aromatic N) is 1. The molecule has 1 fully saturated rings. The maximum absolute atomic E-state index is 13.5. The average molecular weight is 366 g/mol. The lowest BCUT2D eigenvalue weighted by molar-refractivity contribution is -0.258. The van der Waals surface area contributed by atoms with Gasteiger partial charge < -0.3 is 15.5 Å². The monoisotopic (exact) mass is 366 g/mol. The predicted octanol–water partition coefficient (Wildman–Crippen LogP) is 2.52. The molecule has 2 aromatic rings. The molecule has 1 aliphatic carbocycles. The summed E-state index contributed by atoms with van der Waals surface area (Å²) in [5.41, 5.74) is -3.41. The number of halogens is 3. The Labute approximate surface area is 147 Å². The Morgan fingerprint density at radius 3 is 2.42 bits per heavy atom. The van der Waals surface area contributed by atoms with Crippen molar-refractivity contribution in [3.63, 3.8) is 0 Å². The predicted molar refractivity (Wildman–Crippen MR) is 85.7 cm³/mol. The lowest BCUT2D eigenvalue weighted by Crippen LogP contribution is -2.55. The first-order chi connectivity index (χ1) is 12.2. The third-order valence-electron chi connectivity index (χ3n) is 4.34. The summed E-state index contributed by atoms with van der Waals surface area (Å²) in [7, 11) is 0. The van der Waals surface area contributed by atoms with Crippen molar-refractivity contribution < 1.29 is 28.2 Å². The number of amides is 1. The highest BCUT2D eigenvalue weighted by molar-refractivity contribution is 5.87. The minimum absolute atomic E-state index is 0.153. The number of rotatable bonds is 5. The van der Waals surface area contributed by atoms with E-state index in [0.717, 1.165) is 30.5 Å². The van der Waals surface area contributed by atoms with Crippen LogP contribution in [0.25, 0.3) is 0 Å². The second-order valence-corrected chi connectivity index (χ2v) is 6.28. The summed E-state index contributed by atoms with van der Waals surface area (Å²) in [6, 6.07) is 7.59. The van der Waals surface area contributed by atoms with E-state index in [9.17, 15) is 28.2 Å². The van der Waals surface area contributed by atoms with Crippen LogP contribution in [0.4, 0.5) is 13.2 Å². The van der Waals surface area contributed by atoms with Gasteiger partial charge in [0.05, 0.1) is 0 Å². The number of aliphatic hydroxyl groups excluding tert-OH is 1. The number of hydrogen-bond donors (Lipinski definition) is 3. The SMILES string of the molecule is O=C(NC(O)c1cncc(C2CC2)c1)[C@](O)(c1ccccc1)C(F)(F)F. The van der Waals surface area contributed by atoms with Gasteiger partial charge in [-0.2, -0.15) is 13.2 Å². The molecule has 1 heterocycles. The number of aromatic nitrogens is 1. The first-order valence-electron chi connectivity index (χ1n) is 8.02. The second-order valence-electron chi connectivity index (χ2n) is 6.28. The summed E-state index contributed by atoms with van der Waals surface area (Å²) in [6.07, 6.45) is -2.17. The maximum atomic E-state index is 13.5. The minimum atomic E-state index is -5.27. The van der Waals surface area contributed by atoms with Crippen molar-refractivity contribution in [3.05, 3.63) is 65.5 Å². The van der Waals surface area contributed by atoms with Crippen LogP contribution in [-0.4, -0.2) is 27.3 Å². The van der Waals surface area contributed by atoms with E-state index in [1.807, 2.05) is 5.32 Å². The molecule has 0 spiro atoms. The molecule has 1 aliphatic rings. The van der Waals surface area contributed by atoms with E-state index >= 15 is 0 Å². The Morgan fingerprint density at radius 1 is 1.19 bits per heavy atom. The molecule has 0 bridgehead atoms. The van der Waals surface area contributed by atoms with Crippen LogP contribution < -0.4 is 5.32 Å². The summed E-state index contributed by atoms with van der Waals surface area (Å²) in [5, 5.41) is 22.2. The zero-order chi connectivity index (χ0) is 18.9. The first-order valence-corrected chi connectivity index (χ1v) is 8.02. The van der Waals surface area contributed by atoms with Gasteiger partial charge in [-0.05, 0) is 30.4 Å². The number of alkyl halides is 3. The Kier molecular flexibility index (Phi) is 4.72. The molecule has 26 heavy (non-hydrogen) atoms. The summed E-state index contributed by atoms with van der Waals surface area (Å²) in [5.74, 6) is -1.44. The van der Waals surface area contributed by atoms with Crippen molar-refractivity contribution in [2.45, 2.75) is 36.8 Å². The lowest BCUT2D eigenvalue weighted by Gasteiger charge is -2.30. The van der Waals surface area contributed by atoms with Gasteiger partial charge in [0.15, 0.2) is 6.23 Å². The van der Waals surface area contributed by atoms with Gasteiger partial charge in [-0.3, -0.25) is 9.78 Å². The first kappa shape index (κ1) is 18.3. The van der Waals surface area contributed by atoms with Gasteiger partial charge in [0.1, 0.15) is 0 Å². The smallest absolute Gasteiger partial charge is 0.369 e. The zero-order valence-corrected chi connectivity index (χ0v) is 13.6. The summed E-state index contributed by atoms with van der Waals surface area (Å²) < 4.78 is 40.4. The number of carbonyl (C=O) groups is 1. The molecule has 138 valence electrons. The van der Waals surface area contributed by atoms with E-state index in [1.165, 1.54) is 24.4 Å². The highest BCUT2D eigenvalue weighted by Crippen LogP contribution is 2.41. The van der Waals surface area contributed by atoms with Gasteiger partial charge in [-0.1, -0.05) is 30.3 Å². The van der Waals surface area contributed by atoms with Gasteiger partial charge in [0.25, 0.3) is 11.5 Å². The minimum Gasteiger partial charge on any atom is -0.369 e. The molecule has 0 saturated heterocycles. The second kappa shape index (κ2) is 6.69. The Balaban J connectivity index is 1.85. The van der Waals surface area contributed by atoms with Gasteiger partial charge >= 0.3 is 6.18 Å². The van der Waals surface area contributed by atoms with E-state index in [2.05, 4.69) is 4.98 Å². The molecule has 1 aromatic heterocycles. The molecule has 2 atom stereocenters. The Bertz CT molecular complexity index is 794. The number of benzene rings is 1. The van der Waals surface area contributed by atoms with Gasteiger partial charge in [0.2, 0.25) is 0 Å². The highest BCUT2D eigenvalue weighted by atomic mass is 19.4. The van der Waals surface area contributed by atoms with Crippen LogP contribution in [0.15, 0.2) is 48.8 Å². The van der Waals surface area contributed by atoms with E-state index in [0.29, 0.717) is 5.92 Å². The molecule has 1 amide bonds. The lowest BCUT2D eigenvalue weighted by atomic mass is 9.92. The van der Waals surface area contributed by atoms with E-state index in [-0.39, 0.29) is 5.56 Å². The van der Waals surface area contributed by atoms with E-state index in [4.69, 9.17) is 0 Å². The van der Waals surface area contributed by atoms with Crippen LogP contribution >= 0.6 is 0 Å². The topological polar surface area (TPSA) is 82.5 Å². The molecule has 8 heteroatoms. The quantitative estimate of drug-likeness (QED) is 0.710. The standard InChI is InChI=1S/C18H17F3N2O3/c19-18(20,21)17(26,14-4-2-1-3-5-14)16(25)23-15(24)13-8-12(9-22-10-13)11-6-7-11/h1-5,8-11,15,24,26H,6-7H2,(H,23,25)/t15?,17-/m1/s1. The third-order valence-corrected chi connectivity index (χ3v) is 4.34.